The van der Waals surface area contributed by atoms with Crippen molar-refractivity contribution < 1.29 is 17.6 Å². The Bertz CT molecular complexity index is 499. The molecule has 0 heterocycles. The van der Waals surface area contributed by atoms with E-state index in [1.54, 1.807) is 0 Å². The lowest BCUT2D eigenvalue weighted by Crippen LogP contribution is -2.26. The zero-order valence-corrected chi connectivity index (χ0v) is 11.5. The van der Waals surface area contributed by atoms with Gasteiger partial charge in [-0.1, -0.05) is 41.6 Å². The van der Waals surface area contributed by atoms with Crippen LogP contribution in [0.5, 0.6) is 0 Å². The van der Waals surface area contributed by atoms with Crippen molar-refractivity contribution in [2.24, 2.45) is 0 Å². The highest BCUT2D eigenvalue weighted by atomic mass is 127. The predicted molar refractivity (Wildman–Crippen MR) is 68.0 cm³/mol. The smallest absolute Gasteiger partial charge is 0.193 e. The molecule has 0 fully saturated rings. The Kier molecular flexibility index (Phi) is 4.43. The molecule has 0 aliphatic carbocycles. The van der Waals surface area contributed by atoms with E-state index >= 15 is 0 Å². The third-order valence-corrected chi connectivity index (χ3v) is 6.60. The van der Waals surface area contributed by atoms with Gasteiger partial charge in [-0.3, -0.25) is 4.79 Å². The van der Waals surface area contributed by atoms with E-state index in [0.29, 0.717) is 0 Å². The highest BCUT2D eigenvalue weighted by Gasteiger charge is 2.30. The van der Waals surface area contributed by atoms with E-state index in [1.807, 2.05) is 0 Å². The highest BCUT2D eigenvalue weighted by Crippen LogP contribution is 2.19. The van der Waals surface area contributed by atoms with Crippen molar-refractivity contribution in [2.45, 2.75) is 10.2 Å². The number of ketones is 1. The summed E-state index contributed by atoms with van der Waals surface area (Å²) in [6.45, 7) is 1.45. The topological polar surface area (TPSA) is 51.2 Å². The van der Waals surface area contributed by atoms with Gasteiger partial charge in [0, 0.05) is 5.75 Å². The van der Waals surface area contributed by atoms with Gasteiger partial charge in [0.25, 0.3) is 0 Å². The average molecular weight is 356 g/mol. The maximum absolute atomic E-state index is 13.3. The molecule has 0 N–H and O–H groups in total. The maximum atomic E-state index is 13.3. The Morgan fingerprint density at radius 2 is 2.00 bits per heavy atom. The zero-order chi connectivity index (χ0) is 12.3. The Balaban J connectivity index is 3.10. The number of carbonyl (C=O) groups excluding carboxylic acids is 1. The minimum absolute atomic E-state index is 0.138. The summed E-state index contributed by atoms with van der Waals surface area (Å²) in [6, 6.07) is 5.37. The van der Waals surface area contributed by atoms with Crippen molar-refractivity contribution in [1.29, 1.82) is 0 Å². The SMILES string of the molecule is CCS(=O)(=O)C(I)C(=O)c1ccccc1F. The molecule has 0 amide bonds. The molecule has 3 nitrogen and oxygen atoms in total. The fraction of sp³-hybridized carbons (Fsp3) is 0.300. The van der Waals surface area contributed by atoms with Crippen LogP contribution in [0.1, 0.15) is 17.3 Å². The molecular weight excluding hydrogens is 346 g/mol. The standard InChI is InChI=1S/C10H10FIO3S/c1-2-16(14,15)10(12)9(13)7-5-3-4-6-8(7)11/h3-6,10H,2H2,1H3. The number of carbonyl (C=O) groups is 1. The van der Waals surface area contributed by atoms with Gasteiger partial charge in [0.1, 0.15) is 5.82 Å². The summed E-state index contributed by atoms with van der Waals surface area (Å²) in [5.74, 6) is -1.54. The van der Waals surface area contributed by atoms with E-state index in [4.69, 9.17) is 0 Å². The van der Waals surface area contributed by atoms with Gasteiger partial charge in [-0.05, 0) is 12.1 Å². The number of sulfone groups is 1. The molecule has 0 aromatic heterocycles. The van der Waals surface area contributed by atoms with Crippen molar-refractivity contribution in [2.75, 3.05) is 5.75 Å². The second-order valence-electron chi connectivity index (χ2n) is 3.11. The molecule has 0 aliphatic rings. The van der Waals surface area contributed by atoms with Gasteiger partial charge in [-0.15, -0.1) is 0 Å². The van der Waals surface area contributed by atoms with Gasteiger partial charge in [-0.2, -0.15) is 0 Å². The van der Waals surface area contributed by atoms with Gasteiger partial charge in [0.2, 0.25) is 0 Å². The monoisotopic (exact) mass is 356 g/mol. The summed E-state index contributed by atoms with van der Waals surface area (Å²) >= 11 is 1.53. The number of alkyl halides is 1. The summed E-state index contributed by atoms with van der Waals surface area (Å²) in [5.41, 5.74) is -0.182. The first-order valence-electron chi connectivity index (χ1n) is 4.54. The van der Waals surface area contributed by atoms with Crippen LogP contribution in [0.4, 0.5) is 4.39 Å². The highest BCUT2D eigenvalue weighted by molar-refractivity contribution is 14.1. The van der Waals surface area contributed by atoms with Crippen molar-refractivity contribution in [3.63, 3.8) is 0 Å². The van der Waals surface area contributed by atoms with Crippen LogP contribution < -0.4 is 0 Å². The van der Waals surface area contributed by atoms with Gasteiger partial charge in [0.15, 0.2) is 18.9 Å². The summed E-state index contributed by atoms with van der Waals surface area (Å²) < 4.78 is 35.0. The summed E-state index contributed by atoms with van der Waals surface area (Å²) in [5, 5.41) is 0. The molecule has 16 heavy (non-hydrogen) atoms. The normalized spacial score (nSPS) is 13.4. The van der Waals surface area contributed by atoms with Crippen LogP contribution in [-0.2, 0) is 9.84 Å². The molecule has 1 atom stereocenters. The van der Waals surface area contributed by atoms with Crippen LogP contribution in [0.2, 0.25) is 0 Å². The van der Waals surface area contributed by atoms with Crippen LogP contribution in [-0.4, -0.2) is 23.2 Å². The van der Waals surface area contributed by atoms with Crippen molar-refractivity contribution in [1.82, 2.24) is 0 Å². The van der Waals surface area contributed by atoms with Gasteiger partial charge < -0.3 is 0 Å². The van der Waals surface area contributed by atoms with Crippen molar-refractivity contribution in [3.05, 3.63) is 35.6 Å². The zero-order valence-electron chi connectivity index (χ0n) is 8.48. The molecule has 1 rings (SSSR count). The molecule has 0 saturated carbocycles. The van der Waals surface area contributed by atoms with Crippen LogP contribution in [0, 0.1) is 5.82 Å². The quantitative estimate of drug-likeness (QED) is 0.472. The minimum atomic E-state index is -3.49. The molecule has 1 aromatic carbocycles. The molecule has 1 unspecified atom stereocenters. The molecule has 0 saturated heterocycles. The molecule has 0 spiro atoms. The average Bonchev–Trinajstić information content (AvgIpc) is 2.27. The molecule has 0 aliphatic heterocycles. The van der Waals surface area contributed by atoms with E-state index in [9.17, 15) is 17.6 Å². The van der Waals surface area contributed by atoms with Gasteiger partial charge >= 0.3 is 0 Å². The molecule has 6 heteroatoms. The summed E-state index contributed by atoms with van der Waals surface area (Å²) in [4.78, 5) is 11.7. The number of Topliss-reactive ketones (excluding diaryl/α,β-unsaturated/α-hetero) is 1. The van der Waals surface area contributed by atoms with E-state index in [2.05, 4.69) is 0 Å². The minimum Gasteiger partial charge on any atom is -0.292 e. The fourth-order valence-electron chi connectivity index (χ4n) is 1.09. The van der Waals surface area contributed by atoms with E-state index < -0.39 is 24.7 Å². The van der Waals surface area contributed by atoms with E-state index in [1.165, 1.54) is 47.7 Å². The Morgan fingerprint density at radius 1 is 1.44 bits per heavy atom. The van der Waals surface area contributed by atoms with Crippen LogP contribution in [0.15, 0.2) is 24.3 Å². The number of halogens is 2. The van der Waals surface area contributed by atoms with Crippen LogP contribution in [0.3, 0.4) is 0 Å². The van der Waals surface area contributed by atoms with Crippen LogP contribution >= 0.6 is 22.6 Å². The van der Waals surface area contributed by atoms with Crippen LogP contribution in [0.25, 0.3) is 0 Å². The number of hydrogen-bond donors (Lipinski definition) is 0. The summed E-state index contributed by atoms with van der Waals surface area (Å²) in [7, 11) is -3.49. The largest absolute Gasteiger partial charge is 0.292 e. The first kappa shape index (κ1) is 13.6. The molecule has 0 radical (unpaired) electrons. The van der Waals surface area contributed by atoms with Crippen molar-refractivity contribution in [3.8, 4) is 0 Å². The maximum Gasteiger partial charge on any atom is 0.193 e. The lowest BCUT2D eigenvalue weighted by Gasteiger charge is -2.09. The molecule has 1 aromatic rings. The first-order chi connectivity index (χ1) is 7.40. The lowest BCUT2D eigenvalue weighted by molar-refractivity contribution is 0.101. The Labute approximate surface area is 107 Å². The van der Waals surface area contributed by atoms with Gasteiger partial charge in [0.05, 0.1) is 5.56 Å². The predicted octanol–water partition coefficient (Wildman–Crippen LogP) is 2.20. The Morgan fingerprint density at radius 3 is 2.50 bits per heavy atom. The molecule has 88 valence electrons. The van der Waals surface area contributed by atoms with Crippen molar-refractivity contribution >= 4 is 38.2 Å². The van der Waals surface area contributed by atoms with Gasteiger partial charge in [-0.25, -0.2) is 12.8 Å². The lowest BCUT2D eigenvalue weighted by atomic mass is 10.1. The Hall–Kier alpha value is -0.500. The molecule has 0 bridgehead atoms. The first-order valence-corrected chi connectivity index (χ1v) is 7.50. The van der Waals surface area contributed by atoms with E-state index in [0.717, 1.165) is 6.07 Å². The number of hydrogen-bond acceptors (Lipinski definition) is 3. The van der Waals surface area contributed by atoms with E-state index in [-0.39, 0.29) is 11.3 Å². The second kappa shape index (κ2) is 5.22. The third kappa shape index (κ3) is 2.79. The fourth-order valence-corrected chi connectivity index (χ4v) is 3.25. The molecular formula is C10H10FIO3S. The number of benzene rings is 1. The second-order valence-corrected chi connectivity index (χ2v) is 7.58. The third-order valence-electron chi connectivity index (χ3n) is 2.06. The number of rotatable bonds is 4. The summed E-state index contributed by atoms with van der Waals surface area (Å²) in [6.07, 6.45) is 0.